The van der Waals surface area contributed by atoms with Crippen LogP contribution in [-0.2, 0) is 10.0 Å². The van der Waals surface area contributed by atoms with E-state index in [0.29, 0.717) is 33.9 Å². The molecule has 2 aromatic heterocycles. The topological polar surface area (TPSA) is 121 Å². The van der Waals surface area contributed by atoms with E-state index in [-0.39, 0.29) is 5.95 Å². The van der Waals surface area contributed by atoms with E-state index < -0.39 is 21.2 Å². The Kier molecular flexibility index (Phi) is 7.41. The summed E-state index contributed by atoms with van der Waals surface area (Å²) in [6, 6.07) is 14.5. The third kappa shape index (κ3) is 4.98. The minimum Gasteiger partial charge on any atom is -0.494 e. The maximum Gasteiger partial charge on any atom is 0.243 e. The van der Waals surface area contributed by atoms with Gasteiger partial charge in [0.05, 0.1) is 24.5 Å². The highest BCUT2D eigenvalue weighted by Crippen LogP contribution is 2.38. The first-order valence-corrected chi connectivity index (χ1v) is 12.9. The van der Waals surface area contributed by atoms with Crippen LogP contribution in [-0.4, -0.2) is 52.6 Å². The quantitative estimate of drug-likeness (QED) is 0.341. The van der Waals surface area contributed by atoms with Crippen molar-refractivity contribution >= 4 is 27.6 Å². The molecule has 0 unspecified atom stereocenters. The van der Waals surface area contributed by atoms with Crippen LogP contribution >= 0.6 is 11.6 Å². The summed E-state index contributed by atoms with van der Waals surface area (Å²) in [4.78, 5) is 8.35. The number of hydrogen-bond acceptors (Lipinski definition) is 8. The van der Waals surface area contributed by atoms with Crippen molar-refractivity contribution < 1.29 is 17.9 Å². The Morgan fingerprint density at radius 3 is 2.11 bits per heavy atom. The second-order valence-corrected chi connectivity index (χ2v) is 10.4. The molecule has 0 bridgehead atoms. The summed E-state index contributed by atoms with van der Waals surface area (Å²) in [5.41, 5.74) is 1.17. The van der Waals surface area contributed by atoms with Gasteiger partial charge in [0, 0.05) is 23.9 Å². The van der Waals surface area contributed by atoms with Gasteiger partial charge in [-0.1, -0.05) is 54.9 Å². The van der Waals surface area contributed by atoms with E-state index in [1.807, 2.05) is 30.3 Å². The molecule has 0 aliphatic rings. The maximum absolute atomic E-state index is 13.5. The van der Waals surface area contributed by atoms with Crippen LogP contribution in [0.4, 0.5) is 5.95 Å². The van der Waals surface area contributed by atoms with Crippen molar-refractivity contribution in [3.8, 4) is 28.6 Å². The molecule has 0 aliphatic carbocycles. The Balaban J connectivity index is 1.81. The summed E-state index contributed by atoms with van der Waals surface area (Å²) >= 11 is 5.88. The zero-order valence-electron chi connectivity index (χ0n) is 20.1. The normalized spacial score (nSPS) is 13.1. The molecule has 0 amide bonds. The number of para-hydroxylation sites is 1. The van der Waals surface area contributed by atoms with E-state index in [0.717, 1.165) is 5.56 Å². The zero-order valence-corrected chi connectivity index (χ0v) is 21.7. The number of nitrogens with zero attached hydrogens (tertiary/aromatic N) is 5. The number of ether oxygens (including phenoxy) is 2. The summed E-state index contributed by atoms with van der Waals surface area (Å²) < 4.78 is 42.3. The Bertz CT molecular complexity index is 1420. The first-order chi connectivity index (χ1) is 17.3. The Labute approximate surface area is 214 Å². The van der Waals surface area contributed by atoms with Gasteiger partial charge in [0.15, 0.2) is 5.82 Å². The number of methoxy groups -OCH3 is 2. The molecule has 0 saturated heterocycles. The highest BCUT2D eigenvalue weighted by molar-refractivity contribution is 7.93. The maximum atomic E-state index is 13.5. The van der Waals surface area contributed by atoms with Crippen molar-refractivity contribution in [3.05, 3.63) is 71.8 Å². The van der Waals surface area contributed by atoms with Crippen LogP contribution in [0.1, 0.15) is 25.6 Å². The van der Waals surface area contributed by atoms with E-state index in [9.17, 15) is 8.42 Å². The van der Waals surface area contributed by atoms with Gasteiger partial charge in [0.25, 0.3) is 0 Å². The van der Waals surface area contributed by atoms with Crippen LogP contribution in [0.3, 0.4) is 0 Å². The fraction of sp³-hybridized carbons (Fsp3) is 0.250. The number of anilines is 1. The average Bonchev–Trinajstić information content (AvgIpc) is 3.30. The molecule has 0 saturated carbocycles. The number of nitrogens with one attached hydrogen (secondary N) is 1. The molecule has 188 valence electrons. The van der Waals surface area contributed by atoms with Gasteiger partial charge in [-0.2, -0.15) is 0 Å². The average molecular weight is 529 g/mol. The van der Waals surface area contributed by atoms with Gasteiger partial charge in [-0.15, -0.1) is 10.2 Å². The predicted molar refractivity (Wildman–Crippen MR) is 137 cm³/mol. The predicted octanol–water partition coefficient (Wildman–Crippen LogP) is 4.33. The lowest BCUT2D eigenvalue weighted by molar-refractivity contribution is 0.391. The zero-order chi connectivity index (χ0) is 25.9. The van der Waals surface area contributed by atoms with Gasteiger partial charge >= 0.3 is 0 Å². The van der Waals surface area contributed by atoms with E-state index in [1.165, 1.54) is 26.6 Å². The molecule has 1 N–H and O–H groups in total. The molecule has 4 rings (SSSR count). The summed E-state index contributed by atoms with van der Waals surface area (Å²) in [7, 11) is -0.941. The van der Waals surface area contributed by atoms with Crippen molar-refractivity contribution in [1.29, 1.82) is 0 Å². The fourth-order valence-corrected chi connectivity index (χ4v) is 4.97. The van der Waals surface area contributed by atoms with Gasteiger partial charge in [-0.05, 0) is 19.1 Å². The minimum absolute atomic E-state index is 0.0206. The smallest absolute Gasteiger partial charge is 0.243 e. The van der Waals surface area contributed by atoms with Crippen LogP contribution in [0.2, 0.25) is 5.02 Å². The second-order valence-electron chi connectivity index (χ2n) is 7.96. The first-order valence-electron chi connectivity index (χ1n) is 11.0. The number of benzene rings is 2. The Hall–Kier alpha value is -3.70. The molecule has 2 aromatic carbocycles. The molecule has 36 heavy (non-hydrogen) atoms. The Morgan fingerprint density at radius 1 is 0.917 bits per heavy atom. The van der Waals surface area contributed by atoms with Crippen molar-refractivity contribution in [3.63, 3.8) is 0 Å². The number of aromatic nitrogens is 5. The number of rotatable bonds is 9. The van der Waals surface area contributed by atoms with Gasteiger partial charge in [0.2, 0.25) is 16.0 Å². The van der Waals surface area contributed by atoms with Crippen LogP contribution in [0.5, 0.6) is 11.5 Å². The van der Waals surface area contributed by atoms with Gasteiger partial charge in [-0.25, -0.2) is 18.4 Å². The second kappa shape index (κ2) is 10.5. The molecule has 2 heterocycles. The summed E-state index contributed by atoms with van der Waals surface area (Å²) in [6.07, 6.45) is 2.87. The lowest BCUT2D eigenvalue weighted by Gasteiger charge is -2.21. The van der Waals surface area contributed by atoms with E-state index in [1.54, 1.807) is 36.6 Å². The molecular formula is C24H25ClN6O4S. The molecule has 12 heteroatoms. The first kappa shape index (κ1) is 25.4. The molecule has 0 radical (unpaired) electrons. The molecule has 0 fully saturated rings. The van der Waals surface area contributed by atoms with E-state index >= 15 is 0 Å². The van der Waals surface area contributed by atoms with Gasteiger partial charge in [0.1, 0.15) is 23.0 Å². The number of sulfonamides is 1. The lowest BCUT2D eigenvalue weighted by Crippen LogP contribution is -2.31. The van der Waals surface area contributed by atoms with Crippen molar-refractivity contribution in [2.45, 2.75) is 25.0 Å². The molecule has 2 atom stereocenters. The highest BCUT2D eigenvalue weighted by atomic mass is 35.5. The third-order valence-electron chi connectivity index (χ3n) is 5.80. The lowest BCUT2D eigenvalue weighted by atomic mass is 10.1. The van der Waals surface area contributed by atoms with Gasteiger partial charge in [-0.3, -0.25) is 9.29 Å². The van der Waals surface area contributed by atoms with Crippen LogP contribution in [0, 0.1) is 0 Å². The summed E-state index contributed by atoms with van der Waals surface area (Å²) in [5.74, 6) is 1.09. The monoisotopic (exact) mass is 528 g/mol. The molecule has 10 nitrogen and oxygen atoms in total. The van der Waals surface area contributed by atoms with Crippen LogP contribution in [0.25, 0.3) is 17.1 Å². The van der Waals surface area contributed by atoms with Crippen molar-refractivity contribution in [2.24, 2.45) is 0 Å². The molecular weight excluding hydrogens is 504 g/mol. The SMILES string of the molecule is COc1cccc(OC)c1-n1c(NS(=O)(=O)[C@@H](C)[C@H](C)c2ncc(Cl)cn2)nnc1-c1ccccc1. The third-order valence-corrected chi connectivity index (χ3v) is 7.84. The van der Waals surface area contributed by atoms with E-state index in [4.69, 9.17) is 21.1 Å². The highest BCUT2D eigenvalue weighted by Gasteiger charge is 2.32. The van der Waals surface area contributed by atoms with Crippen molar-refractivity contribution in [1.82, 2.24) is 24.7 Å². The van der Waals surface area contributed by atoms with Gasteiger partial charge < -0.3 is 9.47 Å². The molecule has 4 aromatic rings. The Morgan fingerprint density at radius 2 is 1.53 bits per heavy atom. The number of hydrogen-bond donors (Lipinski definition) is 1. The molecule has 0 aliphatic heterocycles. The summed E-state index contributed by atoms with van der Waals surface area (Å²) in [5, 5.41) is 7.95. The van der Waals surface area contributed by atoms with Crippen LogP contribution < -0.4 is 14.2 Å². The van der Waals surface area contributed by atoms with Crippen molar-refractivity contribution in [2.75, 3.05) is 18.9 Å². The van der Waals surface area contributed by atoms with E-state index in [2.05, 4.69) is 24.9 Å². The fourth-order valence-electron chi connectivity index (χ4n) is 3.64. The minimum atomic E-state index is -3.98. The standard InChI is InChI=1S/C24H25ClN6O4S/c1-15(22-26-13-18(25)14-27-22)16(2)36(32,33)30-24-29-28-23(17-9-6-5-7-10-17)31(24)21-19(34-3)11-8-12-20(21)35-4/h5-16H,1-4H3,(H,29,30)/t15-,16-/m0/s1. The largest absolute Gasteiger partial charge is 0.494 e. The molecule has 0 spiro atoms. The number of halogens is 1. The summed E-state index contributed by atoms with van der Waals surface area (Å²) in [6.45, 7) is 3.31. The van der Waals surface area contributed by atoms with Crippen LogP contribution in [0.15, 0.2) is 60.9 Å².